The summed E-state index contributed by atoms with van der Waals surface area (Å²) in [4.78, 5) is 42.9. The van der Waals surface area contributed by atoms with Gasteiger partial charge in [0.15, 0.2) is 0 Å². The zero-order chi connectivity index (χ0) is 24.2. The number of amides is 2. The first-order valence-electron chi connectivity index (χ1n) is 10.6. The van der Waals surface area contributed by atoms with Gasteiger partial charge < -0.3 is 15.2 Å². The molecule has 1 heterocycles. The van der Waals surface area contributed by atoms with E-state index in [-0.39, 0.29) is 22.8 Å². The van der Waals surface area contributed by atoms with Gasteiger partial charge in [0.2, 0.25) is 5.56 Å². The molecule has 2 N–H and O–H groups in total. The van der Waals surface area contributed by atoms with Gasteiger partial charge in [-0.3, -0.25) is 14.4 Å². The quantitative estimate of drug-likeness (QED) is 0.512. The molecule has 3 rings (SSSR count). The van der Waals surface area contributed by atoms with Crippen molar-refractivity contribution in [1.82, 2.24) is 9.88 Å². The standard InChI is InChI=1S/C26H29N3O3S/c1-26(2,3)19-9-11-20(12-10-19)28-24(31)23(17-6-13-21(33-5)14-7-17)29(4)25(32)18-8-15-22(30)27-16-18/h6-16,23H,1-5H3,(H,27,30)(H,28,31). The number of hydrogen-bond acceptors (Lipinski definition) is 4. The number of thioether (sulfide) groups is 1. The first-order valence-corrected chi connectivity index (χ1v) is 11.8. The topological polar surface area (TPSA) is 82.3 Å². The Kier molecular flexibility index (Phi) is 7.43. The molecule has 2 aromatic carbocycles. The number of likely N-dealkylation sites (N-methyl/N-ethyl adjacent to an activating group) is 1. The molecule has 0 aliphatic carbocycles. The summed E-state index contributed by atoms with van der Waals surface area (Å²) < 4.78 is 0. The number of H-pyrrole nitrogens is 1. The molecule has 2 amide bonds. The number of carbonyl (C=O) groups is 2. The molecule has 1 aromatic heterocycles. The van der Waals surface area contributed by atoms with Crippen molar-refractivity contribution in [1.29, 1.82) is 0 Å². The molecule has 0 saturated heterocycles. The average molecular weight is 464 g/mol. The Labute approximate surface area is 198 Å². The number of anilines is 1. The second kappa shape index (κ2) is 10.1. The van der Waals surface area contributed by atoms with Crippen LogP contribution in [-0.2, 0) is 10.2 Å². The highest BCUT2D eigenvalue weighted by atomic mass is 32.2. The van der Waals surface area contributed by atoms with E-state index in [2.05, 4.69) is 31.1 Å². The second-order valence-corrected chi connectivity index (χ2v) is 9.73. The summed E-state index contributed by atoms with van der Waals surface area (Å²) >= 11 is 1.60. The van der Waals surface area contributed by atoms with E-state index in [0.29, 0.717) is 16.8 Å². The lowest BCUT2D eigenvalue weighted by Gasteiger charge is -2.28. The molecule has 0 aliphatic heterocycles. The maximum atomic E-state index is 13.4. The van der Waals surface area contributed by atoms with Crippen LogP contribution in [0.1, 0.15) is 48.3 Å². The van der Waals surface area contributed by atoms with Crippen molar-refractivity contribution in [2.75, 3.05) is 18.6 Å². The first kappa shape index (κ1) is 24.3. The van der Waals surface area contributed by atoms with Gasteiger partial charge in [-0.2, -0.15) is 0 Å². The fourth-order valence-electron chi connectivity index (χ4n) is 3.47. The predicted molar refractivity (Wildman–Crippen MR) is 134 cm³/mol. The van der Waals surface area contributed by atoms with Gasteiger partial charge >= 0.3 is 0 Å². The van der Waals surface area contributed by atoms with E-state index in [1.165, 1.54) is 23.2 Å². The minimum absolute atomic E-state index is 0.00734. The summed E-state index contributed by atoms with van der Waals surface area (Å²) in [5.41, 5.74) is 2.52. The molecule has 1 unspecified atom stereocenters. The van der Waals surface area contributed by atoms with Gasteiger partial charge in [0, 0.05) is 29.9 Å². The summed E-state index contributed by atoms with van der Waals surface area (Å²) in [5, 5.41) is 2.95. The van der Waals surface area contributed by atoms with Crippen molar-refractivity contribution in [2.24, 2.45) is 0 Å². The van der Waals surface area contributed by atoms with Gasteiger partial charge in [-0.05, 0) is 53.1 Å². The van der Waals surface area contributed by atoms with E-state index in [9.17, 15) is 14.4 Å². The van der Waals surface area contributed by atoms with Crippen LogP contribution in [0.3, 0.4) is 0 Å². The van der Waals surface area contributed by atoms with Crippen molar-refractivity contribution in [3.63, 3.8) is 0 Å². The summed E-state index contributed by atoms with van der Waals surface area (Å²) in [7, 11) is 1.59. The number of hydrogen-bond donors (Lipinski definition) is 2. The molecule has 0 spiro atoms. The van der Waals surface area contributed by atoms with E-state index >= 15 is 0 Å². The predicted octanol–water partition coefficient (Wildman–Crippen LogP) is 4.85. The van der Waals surface area contributed by atoms with Crippen LogP contribution in [0, 0.1) is 0 Å². The van der Waals surface area contributed by atoms with E-state index in [4.69, 9.17) is 0 Å². The molecule has 6 nitrogen and oxygen atoms in total. The number of aromatic nitrogens is 1. The van der Waals surface area contributed by atoms with Crippen LogP contribution >= 0.6 is 11.8 Å². The number of nitrogens with zero attached hydrogens (tertiary/aromatic N) is 1. The SMILES string of the molecule is CSc1ccc(C(C(=O)Nc2ccc(C(C)(C)C)cc2)N(C)C(=O)c2ccc(=O)[nH]c2)cc1. The van der Waals surface area contributed by atoms with Crippen LogP contribution in [0.4, 0.5) is 5.69 Å². The van der Waals surface area contributed by atoms with Crippen LogP contribution in [0.2, 0.25) is 0 Å². The summed E-state index contributed by atoms with van der Waals surface area (Å²) in [6, 6.07) is 17.2. The van der Waals surface area contributed by atoms with E-state index in [1.54, 1.807) is 18.8 Å². The van der Waals surface area contributed by atoms with Gasteiger partial charge in [0.25, 0.3) is 11.8 Å². The lowest BCUT2D eigenvalue weighted by atomic mass is 9.87. The smallest absolute Gasteiger partial charge is 0.256 e. The van der Waals surface area contributed by atoms with E-state index < -0.39 is 6.04 Å². The van der Waals surface area contributed by atoms with Gasteiger partial charge in [-0.1, -0.05) is 45.0 Å². The Bertz CT molecular complexity index is 1160. The van der Waals surface area contributed by atoms with Crippen molar-refractivity contribution in [3.8, 4) is 0 Å². The minimum atomic E-state index is -0.859. The molecule has 1 atom stereocenters. The van der Waals surface area contributed by atoms with Gasteiger partial charge in [-0.15, -0.1) is 11.8 Å². The summed E-state index contributed by atoms with van der Waals surface area (Å²) in [5.74, 6) is -0.695. The van der Waals surface area contributed by atoms with Gasteiger partial charge in [-0.25, -0.2) is 0 Å². The maximum Gasteiger partial charge on any atom is 0.256 e. The third-order valence-corrected chi connectivity index (χ3v) is 6.18. The molecule has 3 aromatic rings. The van der Waals surface area contributed by atoms with E-state index in [0.717, 1.165) is 10.5 Å². The Morgan fingerprint density at radius 2 is 1.61 bits per heavy atom. The zero-order valence-corrected chi connectivity index (χ0v) is 20.3. The lowest BCUT2D eigenvalue weighted by Crippen LogP contribution is -2.38. The lowest BCUT2D eigenvalue weighted by molar-refractivity contribution is -0.120. The Morgan fingerprint density at radius 3 is 2.12 bits per heavy atom. The molecular weight excluding hydrogens is 434 g/mol. The number of rotatable bonds is 6. The second-order valence-electron chi connectivity index (χ2n) is 8.85. The fourth-order valence-corrected chi connectivity index (χ4v) is 3.87. The number of carbonyl (C=O) groups excluding carboxylic acids is 2. The Balaban J connectivity index is 1.91. The molecule has 0 bridgehead atoms. The van der Waals surface area contributed by atoms with Gasteiger partial charge in [0.05, 0.1) is 5.56 Å². The van der Waals surface area contributed by atoms with Crippen molar-refractivity contribution >= 4 is 29.3 Å². The minimum Gasteiger partial charge on any atom is -0.328 e. The summed E-state index contributed by atoms with van der Waals surface area (Å²) in [6.45, 7) is 6.39. The van der Waals surface area contributed by atoms with Crippen LogP contribution in [0.15, 0.2) is 76.6 Å². The van der Waals surface area contributed by atoms with Gasteiger partial charge in [0.1, 0.15) is 6.04 Å². The monoisotopic (exact) mass is 463 g/mol. The molecule has 0 radical (unpaired) electrons. The number of nitrogens with one attached hydrogen (secondary N) is 2. The third-order valence-electron chi connectivity index (χ3n) is 5.44. The number of aromatic amines is 1. The van der Waals surface area contributed by atoms with Crippen molar-refractivity contribution < 1.29 is 9.59 Å². The molecule has 7 heteroatoms. The van der Waals surface area contributed by atoms with Crippen LogP contribution in [0.5, 0.6) is 0 Å². The van der Waals surface area contributed by atoms with E-state index in [1.807, 2.05) is 54.8 Å². The van der Waals surface area contributed by atoms with Crippen LogP contribution < -0.4 is 10.9 Å². The largest absolute Gasteiger partial charge is 0.328 e. The average Bonchev–Trinajstić information content (AvgIpc) is 2.79. The molecule has 0 saturated carbocycles. The van der Waals surface area contributed by atoms with Crippen LogP contribution in [0.25, 0.3) is 0 Å². The maximum absolute atomic E-state index is 13.4. The van der Waals surface area contributed by atoms with Crippen molar-refractivity contribution in [2.45, 2.75) is 37.1 Å². The zero-order valence-electron chi connectivity index (χ0n) is 19.5. The third kappa shape index (κ3) is 5.93. The Hall–Kier alpha value is -3.32. The number of pyridine rings is 1. The normalized spacial score (nSPS) is 12.2. The highest BCUT2D eigenvalue weighted by Gasteiger charge is 2.29. The Morgan fingerprint density at radius 1 is 0.970 bits per heavy atom. The molecular formula is C26H29N3O3S. The fraction of sp³-hybridized carbons (Fsp3) is 0.269. The number of benzene rings is 2. The van der Waals surface area contributed by atoms with Crippen LogP contribution in [-0.4, -0.2) is 35.0 Å². The highest BCUT2D eigenvalue weighted by molar-refractivity contribution is 7.98. The molecule has 0 aliphatic rings. The molecule has 0 fully saturated rings. The van der Waals surface area contributed by atoms with Crippen molar-refractivity contribution in [3.05, 3.63) is 93.9 Å². The molecule has 33 heavy (non-hydrogen) atoms. The highest BCUT2D eigenvalue weighted by Crippen LogP contribution is 2.27. The summed E-state index contributed by atoms with van der Waals surface area (Å²) in [6.07, 6.45) is 3.34. The molecule has 172 valence electrons. The first-order chi connectivity index (χ1) is 15.6.